The van der Waals surface area contributed by atoms with Crippen LogP contribution in [0.4, 0.5) is 0 Å². The normalized spacial score (nSPS) is 11.3. The monoisotopic (exact) mass is 526 g/mol. The predicted molar refractivity (Wildman–Crippen MR) is 134 cm³/mol. The summed E-state index contributed by atoms with van der Waals surface area (Å²) in [5, 5.41) is 2.68. The molecule has 1 amide bonds. The van der Waals surface area contributed by atoms with Crippen molar-refractivity contribution in [3.63, 3.8) is 0 Å². The molecule has 0 bridgehead atoms. The first-order valence-corrected chi connectivity index (χ1v) is 13.0. The molecule has 0 saturated heterocycles. The summed E-state index contributed by atoms with van der Waals surface area (Å²) < 4.78 is 48.6. The third-order valence-corrected chi connectivity index (χ3v) is 4.26. The number of carbonyl (C=O) groups is 1. The molecular formula is C24H50N2O10. The summed E-state index contributed by atoms with van der Waals surface area (Å²) >= 11 is 0. The highest BCUT2D eigenvalue weighted by atomic mass is 16.6. The number of ether oxygens (including phenoxy) is 9. The van der Waals surface area contributed by atoms with E-state index in [9.17, 15) is 4.79 Å². The van der Waals surface area contributed by atoms with E-state index in [-0.39, 0.29) is 5.91 Å². The maximum absolute atomic E-state index is 11.3. The van der Waals surface area contributed by atoms with Gasteiger partial charge in [-0.3, -0.25) is 4.79 Å². The fourth-order valence-electron chi connectivity index (χ4n) is 2.47. The van der Waals surface area contributed by atoms with E-state index in [1.54, 1.807) is 0 Å². The second-order valence-electron chi connectivity index (χ2n) is 7.40. The van der Waals surface area contributed by atoms with E-state index in [2.05, 4.69) is 12.2 Å². The van der Waals surface area contributed by atoms with E-state index in [1.807, 2.05) is 0 Å². The van der Waals surface area contributed by atoms with Crippen molar-refractivity contribution in [2.24, 2.45) is 5.73 Å². The summed E-state index contributed by atoms with van der Waals surface area (Å²) in [6, 6.07) is 0. The Kier molecular flexibility index (Phi) is 31.3. The Morgan fingerprint density at radius 1 is 0.500 bits per heavy atom. The van der Waals surface area contributed by atoms with Crippen LogP contribution in [0.1, 0.15) is 19.8 Å². The van der Waals surface area contributed by atoms with Gasteiger partial charge in [-0.2, -0.15) is 0 Å². The standard InChI is InChI=1S/C24H50N2O10/c1-2-6-28-8-10-30-12-14-32-16-18-34-20-22-36-23-21-35-19-17-33-15-13-31-11-9-29-7-3-24(27)26-5-4-25/h2-23,25H2,1H3,(H,26,27). The largest absolute Gasteiger partial charge is 0.379 e. The van der Waals surface area contributed by atoms with Crippen LogP contribution in [-0.4, -0.2) is 138 Å². The van der Waals surface area contributed by atoms with Crippen LogP contribution < -0.4 is 11.1 Å². The van der Waals surface area contributed by atoms with Crippen LogP contribution >= 0.6 is 0 Å². The van der Waals surface area contributed by atoms with E-state index in [0.717, 1.165) is 13.0 Å². The molecule has 0 rings (SSSR count). The van der Waals surface area contributed by atoms with E-state index in [4.69, 9.17) is 48.4 Å². The van der Waals surface area contributed by atoms with E-state index >= 15 is 0 Å². The lowest BCUT2D eigenvalue weighted by atomic mass is 10.4. The highest BCUT2D eigenvalue weighted by Gasteiger charge is 1.99. The highest BCUT2D eigenvalue weighted by molar-refractivity contribution is 5.75. The first kappa shape index (κ1) is 35.1. The zero-order valence-corrected chi connectivity index (χ0v) is 22.2. The Morgan fingerprint density at radius 3 is 1.06 bits per heavy atom. The lowest BCUT2D eigenvalue weighted by molar-refractivity contribution is -0.122. The van der Waals surface area contributed by atoms with Crippen molar-refractivity contribution < 1.29 is 47.4 Å². The van der Waals surface area contributed by atoms with Gasteiger partial charge in [-0.1, -0.05) is 6.92 Å². The Morgan fingerprint density at radius 2 is 0.778 bits per heavy atom. The van der Waals surface area contributed by atoms with Gasteiger partial charge in [-0.05, 0) is 6.42 Å². The molecule has 0 saturated carbocycles. The molecular weight excluding hydrogens is 476 g/mol. The van der Waals surface area contributed by atoms with Crippen LogP contribution in [0.25, 0.3) is 0 Å². The minimum Gasteiger partial charge on any atom is -0.379 e. The lowest BCUT2D eigenvalue weighted by Crippen LogP contribution is -2.29. The van der Waals surface area contributed by atoms with Crippen LogP contribution in [-0.2, 0) is 47.4 Å². The quantitative estimate of drug-likeness (QED) is 0.118. The number of nitrogens with one attached hydrogen (secondary N) is 1. The fraction of sp³-hybridized carbons (Fsp3) is 0.958. The molecule has 0 spiro atoms. The molecule has 0 aromatic carbocycles. The third kappa shape index (κ3) is 31.1. The van der Waals surface area contributed by atoms with Crippen molar-refractivity contribution in [2.45, 2.75) is 19.8 Å². The number of carbonyl (C=O) groups excluding carboxylic acids is 1. The topological polar surface area (TPSA) is 138 Å². The molecule has 12 heteroatoms. The summed E-state index contributed by atoms with van der Waals surface area (Å²) in [5.74, 6) is -0.0586. The maximum Gasteiger partial charge on any atom is 0.222 e. The van der Waals surface area contributed by atoms with Gasteiger partial charge >= 0.3 is 0 Å². The smallest absolute Gasteiger partial charge is 0.222 e. The lowest BCUT2D eigenvalue weighted by Gasteiger charge is -2.09. The molecule has 0 fully saturated rings. The molecule has 0 aliphatic carbocycles. The van der Waals surface area contributed by atoms with Gasteiger partial charge in [0.25, 0.3) is 0 Å². The minimum absolute atomic E-state index is 0.0586. The predicted octanol–water partition coefficient (Wildman–Crippen LogP) is 0.0108. The van der Waals surface area contributed by atoms with E-state index in [0.29, 0.717) is 132 Å². The van der Waals surface area contributed by atoms with Crippen molar-refractivity contribution in [1.82, 2.24) is 5.32 Å². The van der Waals surface area contributed by atoms with E-state index in [1.165, 1.54) is 0 Å². The molecule has 0 aliphatic heterocycles. The zero-order chi connectivity index (χ0) is 26.2. The second kappa shape index (κ2) is 32.1. The van der Waals surface area contributed by atoms with Gasteiger partial charge in [-0.25, -0.2) is 0 Å². The van der Waals surface area contributed by atoms with Crippen LogP contribution in [0.2, 0.25) is 0 Å². The maximum atomic E-state index is 11.3. The van der Waals surface area contributed by atoms with Crippen LogP contribution in [0, 0.1) is 0 Å². The zero-order valence-electron chi connectivity index (χ0n) is 22.2. The summed E-state index contributed by atoms with van der Waals surface area (Å²) in [5.41, 5.74) is 5.31. The molecule has 216 valence electrons. The highest BCUT2D eigenvalue weighted by Crippen LogP contribution is 1.87. The van der Waals surface area contributed by atoms with Gasteiger partial charge in [0.05, 0.1) is 112 Å². The molecule has 0 aromatic rings. The number of amides is 1. The minimum atomic E-state index is -0.0586. The Bertz CT molecular complexity index is 436. The number of rotatable bonds is 31. The first-order valence-electron chi connectivity index (χ1n) is 13.0. The van der Waals surface area contributed by atoms with Crippen molar-refractivity contribution in [3.05, 3.63) is 0 Å². The third-order valence-electron chi connectivity index (χ3n) is 4.26. The van der Waals surface area contributed by atoms with Gasteiger partial charge in [0.2, 0.25) is 5.91 Å². The molecule has 0 atom stereocenters. The van der Waals surface area contributed by atoms with Gasteiger partial charge in [0, 0.05) is 26.1 Å². The van der Waals surface area contributed by atoms with E-state index < -0.39 is 0 Å². The Labute approximate surface area is 216 Å². The molecule has 0 unspecified atom stereocenters. The Balaban J connectivity index is 3.05. The average molecular weight is 527 g/mol. The molecule has 0 aromatic heterocycles. The molecule has 0 radical (unpaired) electrons. The number of hydrogen-bond acceptors (Lipinski definition) is 11. The van der Waals surface area contributed by atoms with Crippen LogP contribution in [0.5, 0.6) is 0 Å². The van der Waals surface area contributed by atoms with Crippen molar-refractivity contribution in [2.75, 3.05) is 132 Å². The van der Waals surface area contributed by atoms with Crippen LogP contribution in [0.3, 0.4) is 0 Å². The van der Waals surface area contributed by atoms with Gasteiger partial charge in [-0.15, -0.1) is 0 Å². The molecule has 12 nitrogen and oxygen atoms in total. The summed E-state index contributed by atoms with van der Waals surface area (Å²) in [4.78, 5) is 11.3. The van der Waals surface area contributed by atoms with Gasteiger partial charge < -0.3 is 53.7 Å². The number of nitrogens with two attached hydrogens (primary N) is 1. The summed E-state index contributed by atoms with van der Waals surface area (Å²) in [6.45, 7) is 12.5. The molecule has 0 heterocycles. The van der Waals surface area contributed by atoms with Crippen LogP contribution in [0.15, 0.2) is 0 Å². The van der Waals surface area contributed by atoms with Gasteiger partial charge in [0.15, 0.2) is 0 Å². The average Bonchev–Trinajstić information content (AvgIpc) is 2.89. The molecule has 0 aliphatic rings. The Hall–Kier alpha value is -0.930. The first-order chi connectivity index (χ1) is 17.8. The van der Waals surface area contributed by atoms with Crippen molar-refractivity contribution >= 4 is 5.91 Å². The van der Waals surface area contributed by atoms with Crippen molar-refractivity contribution in [1.29, 1.82) is 0 Å². The number of hydrogen-bond donors (Lipinski definition) is 2. The second-order valence-corrected chi connectivity index (χ2v) is 7.40. The molecule has 3 N–H and O–H groups in total. The van der Waals surface area contributed by atoms with Gasteiger partial charge in [0.1, 0.15) is 0 Å². The molecule has 36 heavy (non-hydrogen) atoms. The fourth-order valence-corrected chi connectivity index (χ4v) is 2.47. The summed E-state index contributed by atoms with van der Waals surface area (Å²) in [6.07, 6.45) is 1.35. The van der Waals surface area contributed by atoms with Crippen molar-refractivity contribution in [3.8, 4) is 0 Å². The SMILES string of the molecule is CCCOCCOCCOCCOCCOCCOCCOCCOCCOCCC(=O)NCCN. The summed E-state index contributed by atoms with van der Waals surface area (Å²) in [7, 11) is 0.